The summed E-state index contributed by atoms with van der Waals surface area (Å²) < 4.78 is 25.6. The maximum absolute atomic E-state index is 14.1. The highest BCUT2D eigenvalue weighted by Gasteiger charge is 2.52. The Morgan fingerprint density at radius 1 is 1.09 bits per heavy atom. The molecule has 2 amide bonds. The number of nitrogens with zero attached hydrogens (tertiary/aromatic N) is 4. The van der Waals surface area contributed by atoms with Gasteiger partial charge >= 0.3 is 6.09 Å². The fourth-order valence-electron chi connectivity index (χ4n) is 6.51. The average Bonchev–Trinajstić information content (AvgIpc) is 2.91. The number of ether oxygens (including phenoxy) is 2. The van der Waals surface area contributed by atoms with Crippen LogP contribution in [0.1, 0.15) is 77.1 Å². The van der Waals surface area contributed by atoms with E-state index in [9.17, 15) is 14.0 Å². The Balaban J connectivity index is 1.07. The van der Waals surface area contributed by atoms with Gasteiger partial charge in [0.15, 0.2) is 11.6 Å². The molecule has 44 heavy (non-hydrogen) atoms. The van der Waals surface area contributed by atoms with Crippen LogP contribution in [-0.2, 0) is 4.74 Å². The Bertz CT molecular complexity index is 1310. The molecular formula is C33H47FN6O4. The zero-order valence-electron chi connectivity index (χ0n) is 26.7. The second kappa shape index (κ2) is 13.3. The molecule has 240 valence electrons. The first-order valence-electron chi connectivity index (χ1n) is 15.9. The Kier molecular flexibility index (Phi) is 9.62. The summed E-state index contributed by atoms with van der Waals surface area (Å²) in [6.07, 6.45) is 8.26. The van der Waals surface area contributed by atoms with Gasteiger partial charge in [-0.15, -0.1) is 0 Å². The monoisotopic (exact) mass is 610 g/mol. The number of carbonyl (C=O) groups excluding carboxylic acids is 2. The SMILES string of the molecule is CC(C)CNC(=O)c1cc(F)ccc1Oc1cncnc1N1CC2(CN(CCC3CCC(NC(=O)OC(C)(C)C)CC3)C2)C1. The second-order valence-electron chi connectivity index (χ2n) is 14.3. The van der Waals surface area contributed by atoms with Crippen molar-refractivity contribution in [1.82, 2.24) is 25.5 Å². The van der Waals surface area contributed by atoms with Crippen LogP contribution in [0, 0.1) is 23.1 Å². The molecule has 2 aromatic rings. The van der Waals surface area contributed by atoms with Gasteiger partial charge in [-0.3, -0.25) is 4.79 Å². The highest BCUT2D eigenvalue weighted by molar-refractivity contribution is 5.97. The van der Waals surface area contributed by atoms with E-state index in [4.69, 9.17) is 9.47 Å². The first kappa shape index (κ1) is 31.9. The zero-order valence-corrected chi connectivity index (χ0v) is 26.7. The maximum atomic E-state index is 14.1. The fourth-order valence-corrected chi connectivity index (χ4v) is 6.51. The molecule has 10 nitrogen and oxygen atoms in total. The van der Waals surface area contributed by atoms with Crippen LogP contribution in [0.2, 0.25) is 0 Å². The molecule has 3 fully saturated rings. The normalized spacial score (nSPS) is 21.4. The van der Waals surface area contributed by atoms with Gasteiger partial charge in [-0.2, -0.15) is 0 Å². The van der Waals surface area contributed by atoms with Crippen LogP contribution in [-0.4, -0.2) is 77.8 Å². The number of nitrogens with one attached hydrogen (secondary N) is 2. The Labute approximate surface area is 260 Å². The van der Waals surface area contributed by atoms with Crippen molar-refractivity contribution < 1.29 is 23.5 Å². The van der Waals surface area contributed by atoms with Crippen LogP contribution in [0.3, 0.4) is 0 Å². The molecule has 11 heteroatoms. The smallest absolute Gasteiger partial charge is 0.407 e. The van der Waals surface area contributed by atoms with Crippen LogP contribution >= 0.6 is 0 Å². The van der Waals surface area contributed by atoms with Crippen molar-refractivity contribution in [2.45, 2.75) is 78.4 Å². The first-order valence-corrected chi connectivity index (χ1v) is 15.9. The number of anilines is 1. The van der Waals surface area contributed by atoms with Crippen LogP contribution in [0.15, 0.2) is 30.7 Å². The topological polar surface area (TPSA) is 109 Å². The van der Waals surface area contributed by atoms with E-state index in [-0.39, 0.29) is 40.7 Å². The number of benzene rings is 1. The van der Waals surface area contributed by atoms with Gasteiger partial charge < -0.3 is 29.9 Å². The molecule has 2 saturated heterocycles. The van der Waals surface area contributed by atoms with E-state index in [2.05, 4.69) is 30.4 Å². The molecule has 0 bridgehead atoms. The molecule has 0 radical (unpaired) electrons. The predicted molar refractivity (Wildman–Crippen MR) is 166 cm³/mol. The van der Waals surface area contributed by atoms with E-state index in [1.807, 2.05) is 34.6 Å². The van der Waals surface area contributed by atoms with Crippen molar-refractivity contribution in [2.75, 3.05) is 44.2 Å². The van der Waals surface area contributed by atoms with Crippen LogP contribution in [0.25, 0.3) is 0 Å². The summed E-state index contributed by atoms with van der Waals surface area (Å²) >= 11 is 0. The van der Waals surface area contributed by atoms with Gasteiger partial charge in [0.05, 0.1) is 11.8 Å². The molecular weight excluding hydrogens is 563 g/mol. The van der Waals surface area contributed by atoms with Gasteiger partial charge in [0.2, 0.25) is 0 Å². The standard InChI is InChI=1S/C33H47FN6O4/c1-22(2)15-36-30(41)26-14-24(34)8-11-27(26)43-28-16-35-21-37-29(28)40-19-33(20-40)17-39(18-33)13-12-23-6-9-25(10-7-23)38-31(42)44-32(3,4)5/h8,11,14,16,21-23,25H,6-7,9-10,12-13,15,17-20H2,1-5H3,(H,36,41)(H,38,42). The minimum atomic E-state index is -0.501. The van der Waals surface area contributed by atoms with Gasteiger partial charge in [-0.05, 0) is 89.5 Å². The highest BCUT2D eigenvalue weighted by atomic mass is 19.1. The number of alkyl carbamates (subject to hydrolysis) is 1. The third-order valence-electron chi connectivity index (χ3n) is 8.63. The zero-order chi connectivity index (χ0) is 31.5. The predicted octanol–water partition coefficient (Wildman–Crippen LogP) is 5.39. The van der Waals surface area contributed by atoms with Gasteiger partial charge in [0, 0.05) is 44.2 Å². The molecule has 1 aliphatic carbocycles. The van der Waals surface area contributed by atoms with Gasteiger partial charge in [-0.1, -0.05) is 13.8 Å². The molecule has 1 aromatic heterocycles. The van der Waals surface area contributed by atoms with E-state index < -0.39 is 11.4 Å². The van der Waals surface area contributed by atoms with E-state index >= 15 is 0 Å². The third kappa shape index (κ3) is 8.16. The lowest BCUT2D eigenvalue weighted by Crippen LogP contribution is -2.72. The Morgan fingerprint density at radius 2 is 1.82 bits per heavy atom. The summed E-state index contributed by atoms with van der Waals surface area (Å²) in [5.41, 5.74) is -0.0732. The average molecular weight is 611 g/mol. The van der Waals surface area contributed by atoms with Crippen LogP contribution < -0.4 is 20.3 Å². The van der Waals surface area contributed by atoms with Gasteiger partial charge in [0.1, 0.15) is 23.5 Å². The maximum Gasteiger partial charge on any atom is 0.407 e. The van der Waals surface area contributed by atoms with Crippen molar-refractivity contribution in [1.29, 1.82) is 0 Å². The minimum absolute atomic E-state index is 0.142. The first-order chi connectivity index (χ1) is 20.9. The van der Waals surface area contributed by atoms with E-state index in [0.29, 0.717) is 24.0 Å². The molecule has 1 spiro atoms. The molecule has 5 rings (SSSR count). The van der Waals surface area contributed by atoms with Gasteiger partial charge in [-0.25, -0.2) is 19.2 Å². The molecule has 1 saturated carbocycles. The number of carbonyl (C=O) groups is 2. The number of rotatable bonds is 10. The summed E-state index contributed by atoms with van der Waals surface area (Å²) in [7, 11) is 0. The Morgan fingerprint density at radius 3 is 2.50 bits per heavy atom. The summed E-state index contributed by atoms with van der Waals surface area (Å²) in [6, 6.07) is 4.16. The number of aromatic nitrogens is 2. The summed E-state index contributed by atoms with van der Waals surface area (Å²) in [5.74, 6) is 1.47. The van der Waals surface area contributed by atoms with Crippen LogP contribution in [0.4, 0.5) is 15.0 Å². The van der Waals surface area contributed by atoms with E-state index in [1.54, 1.807) is 6.20 Å². The van der Waals surface area contributed by atoms with Crippen molar-refractivity contribution in [3.63, 3.8) is 0 Å². The molecule has 3 heterocycles. The van der Waals surface area contributed by atoms with Crippen molar-refractivity contribution in [3.05, 3.63) is 42.1 Å². The third-order valence-corrected chi connectivity index (χ3v) is 8.63. The van der Waals surface area contributed by atoms with Crippen molar-refractivity contribution in [2.24, 2.45) is 17.3 Å². The molecule has 3 aliphatic rings. The molecule has 1 aromatic carbocycles. The highest BCUT2D eigenvalue weighted by Crippen LogP contribution is 2.44. The molecule has 2 N–H and O–H groups in total. The lowest BCUT2D eigenvalue weighted by atomic mass is 9.72. The molecule has 0 atom stereocenters. The van der Waals surface area contributed by atoms with Crippen LogP contribution in [0.5, 0.6) is 11.5 Å². The Hall–Kier alpha value is -3.47. The summed E-state index contributed by atoms with van der Waals surface area (Å²) in [6.45, 7) is 15.1. The minimum Gasteiger partial charge on any atom is -0.451 e. The van der Waals surface area contributed by atoms with E-state index in [0.717, 1.165) is 58.4 Å². The fraction of sp³-hybridized carbons (Fsp3) is 0.636. The molecule has 0 unspecified atom stereocenters. The number of likely N-dealkylation sites (tertiary alicyclic amines) is 1. The lowest BCUT2D eigenvalue weighted by molar-refractivity contribution is -0.0258. The summed E-state index contributed by atoms with van der Waals surface area (Å²) in [4.78, 5) is 38.2. The van der Waals surface area contributed by atoms with Crippen molar-refractivity contribution in [3.8, 4) is 11.5 Å². The number of hydrogen-bond acceptors (Lipinski definition) is 8. The van der Waals surface area contributed by atoms with Gasteiger partial charge in [0.25, 0.3) is 5.91 Å². The van der Waals surface area contributed by atoms with Crippen molar-refractivity contribution >= 4 is 17.8 Å². The number of halogens is 1. The number of hydrogen-bond donors (Lipinski definition) is 2. The quantitative estimate of drug-likeness (QED) is 0.369. The molecule has 2 aliphatic heterocycles. The number of amides is 2. The second-order valence-corrected chi connectivity index (χ2v) is 14.3. The van der Waals surface area contributed by atoms with E-state index in [1.165, 1.54) is 30.9 Å². The largest absolute Gasteiger partial charge is 0.451 e. The lowest BCUT2D eigenvalue weighted by Gasteiger charge is -2.61. The summed E-state index contributed by atoms with van der Waals surface area (Å²) in [5, 5.41) is 5.87.